The molecule has 0 unspecified atom stereocenters. The molecule has 0 bridgehead atoms. The summed E-state index contributed by atoms with van der Waals surface area (Å²) in [5.74, 6) is -0.131. The Balaban J connectivity index is 2.88. The lowest BCUT2D eigenvalue weighted by Crippen LogP contribution is -2.30. The van der Waals surface area contributed by atoms with E-state index >= 15 is 0 Å². The Bertz CT molecular complexity index is 610. The Morgan fingerprint density at radius 2 is 1.90 bits per heavy atom. The third-order valence-corrected chi connectivity index (χ3v) is 4.55. The van der Waals surface area contributed by atoms with Gasteiger partial charge in [-0.2, -0.15) is 0 Å². The van der Waals surface area contributed by atoms with E-state index < -0.39 is 10.0 Å². The summed E-state index contributed by atoms with van der Waals surface area (Å²) in [6.45, 7) is 3.51. The number of aryl methyl sites for hydroxylation is 1. The SMILES string of the molecule is Cc1cc(N)c(C)c(S(=O)(=O)NCCC(=O)N(C)C)c1. The van der Waals surface area contributed by atoms with Crippen LogP contribution in [0.3, 0.4) is 0 Å². The van der Waals surface area contributed by atoms with Crippen LogP contribution in [0, 0.1) is 13.8 Å². The Hall–Kier alpha value is -1.60. The number of nitrogens with one attached hydrogen (secondary N) is 1. The van der Waals surface area contributed by atoms with Crippen molar-refractivity contribution in [3.05, 3.63) is 23.3 Å². The maximum Gasteiger partial charge on any atom is 0.240 e. The Kier molecular flexibility index (Phi) is 5.13. The Labute approximate surface area is 120 Å². The summed E-state index contributed by atoms with van der Waals surface area (Å²) in [4.78, 5) is 13.0. The van der Waals surface area contributed by atoms with Gasteiger partial charge in [-0.1, -0.05) is 0 Å². The molecule has 0 fully saturated rings. The van der Waals surface area contributed by atoms with Crippen LogP contribution in [0.15, 0.2) is 17.0 Å². The summed E-state index contributed by atoms with van der Waals surface area (Å²) >= 11 is 0. The summed E-state index contributed by atoms with van der Waals surface area (Å²) < 4.78 is 26.9. The summed E-state index contributed by atoms with van der Waals surface area (Å²) in [5.41, 5.74) is 7.51. The molecule has 0 aliphatic heterocycles. The van der Waals surface area contributed by atoms with E-state index in [0.29, 0.717) is 11.3 Å². The highest BCUT2D eigenvalue weighted by molar-refractivity contribution is 7.89. The number of rotatable bonds is 5. The second-order valence-electron chi connectivity index (χ2n) is 4.91. The molecule has 0 heterocycles. The van der Waals surface area contributed by atoms with Crippen molar-refractivity contribution in [1.82, 2.24) is 9.62 Å². The van der Waals surface area contributed by atoms with Crippen molar-refractivity contribution in [2.24, 2.45) is 0 Å². The number of carbonyl (C=O) groups excluding carboxylic acids is 1. The molecule has 0 aromatic heterocycles. The number of benzene rings is 1. The highest BCUT2D eigenvalue weighted by atomic mass is 32.2. The molecule has 1 amide bonds. The van der Waals surface area contributed by atoms with Gasteiger partial charge in [0.1, 0.15) is 0 Å². The molecule has 1 aromatic carbocycles. The predicted octanol–water partition coefficient (Wildman–Crippen LogP) is 0.642. The van der Waals surface area contributed by atoms with Crippen LogP contribution in [0.4, 0.5) is 5.69 Å². The van der Waals surface area contributed by atoms with E-state index in [2.05, 4.69) is 4.72 Å². The monoisotopic (exact) mass is 299 g/mol. The lowest BCUT2D eigenvalue weighted by Gasteiger charge is -2.13. The fraction of sp³-hybridized carbons (Fsp3) is 0.462. The molecule has 6 nitrogen and oxygen atoms in total. The first-order valence-electron chi connectivity index (χ1n) is 6.21. The van der Waals surface area contributed by atoms with Crippen LogP contribution >= 0.6 is 0 Å². The first-order chi connectivity index (χ1) is 9.15. The maximum absolute atomic E-state index is 12.2. The van der Waals surface area contributed by atoms with Crippen LogP contribution in [-0.4, -0.2) is 39.9 Å². The number of nitrogens with two attached hydrogens (primary N) is 1. The summed E-state index contributed by atoms with van der Waals surface area (Å²) in [6.07, 6.45) is 0.118. The van der Waals surface area contributed by atoms with Crippen molar-refractivity contribution in [3.8, 4) is 0 Å². The molecule has 20 heavy (non-hydrogen) atoms. The van der Waals surface area contributed by atoms with Crippen molar-refractivity contribution in [2.45, 2.75) is 25.2 Å². The zero-order chi connectivity index (χ0) is 15.5. The van der Waals surface area contributed by atoms with Crippen molar-refractivity contribution in [3.63, 3.8) is 0 Å². The number of hydrogen-bond acceptors (Lipinski definition) is 4. The molecule has 0 atom stereocenters. The number of hydrogen-bond donors (Lipinski definition) is 2. The van der Waals surface area contributed by atoms with Crippen LogP contribution in [0.1, 0.15) is 17.5 Å². The molecule has 1 aromatic rings. The second-order valence-corrected chi connectivity index (χ2v) is 6.65. The third-order valence-electron chi connectivity index (χ3n) is 2.96. The van der Waals surface area contributed by atoms with Gasteiger partial charge in [0.15, 0.2) is 0 Å². The second kappa shape index (κ2) is 6.23. The van der Waals surface area contributed by atoms with Gasteiger partial charge in [-0.25, -0.2) is 13.1 Å². The molecule has 0 aliphatic rings. The van der Waals surface area contributed by atoms with Crippen molar-refractivity contribution in [2.75, 3.05) is 26.4 Å². The van der Waals surface area contributed by atoms with Gasteiger partial charge in [-0.15, -0.1) is 0 Å². The quantitative estimate of drug-likeness (QED) is 0.780. The van der Waals surface area contributed by atoms with Gasteiger partial charge in [0.25, 0.3) is 0 Å². The maximum atomic E-state index is 12.2. The average molecular weight is 299 g/mol. The minimum atomic E-state index is -3.66. The van der Waals surface area contributed by atoms with Gasteiger partial charge in [0, 0.05) is 32.7 Å². The molecule has 0 saturated carbocycles. The number of amides is 1. The topological polar surface area (TPSA) is 92.5 Å². The van der Waals surface area contributed by atoms with Crippen LogP contribution in [-0.2, 0) is 14.8 Å². The minimum Gasteiger partial charge on any atom is -0.398 e. The molecule has 0 aliphatic carbocycles. The summed E-state index contributed by atoms with van der Waals surface area (Å²) in [5, 5.41) is 0. The molecule has 112 valence electrons. The van der Waals surface area contributed by atoms with Crippen molar-refractivity contribution >= 4 is 21.6 Å². The zero-order valence-electron chi connectivity index (χ0n) is 12.2. The van der Waals surface area contributed by atoms with E-state index in [-0.39, 0.29) is 23.8 Å². The standard InChI is InChI=1S/C13H21N3O3S/c1-9-7-11(14)10(2)12(8-9)20(18,19)15-6-5-13(17)16(3)4/h7-8,15H,5-6,14H2,1-4H3. The Morgan fingerprint density at radius 3 is 2.45 bits per heavy atom. The first kappa shape index (κ1) is 16.5. The highest BCUT2D eigenvalue weighted by Gasteiger charge is 2.18. The van der Waals surface area contributed by atoms with Gasteiger partial charge in [-0.3, -0.25) is 4.79 Å². The van der Waals surface area contributed by atoms with E-state index in [9.17, 15) is 13.2 Å². The van der Waals surface area contributed by atoms with E-state index in [1.165, 1.54) is 4.90 Å². The third kappa shape index (κ3) is 3.94. The number of nitrogen functional groups attached to an aromatic ring is 1. The van der Waals surface area contributed by atoms with Gasteiger partial charge >= 0.3 is 0 Å². The number of carbonyl (C=O) groups is 1. The molecule has 0 saturated heterocycles. The number of sulfonamides is 1. The molecule has 1 rings (SSSR count). The fourth-order valence-corrected chi connectivity index (χ4v) is 3.11. The minimum absolute atomic E-state index is 0.0621. The lowest BCUT2D eigenvalue weighted by molar-refractivity contribution is -0.128. The van der Waals surface area contributed by atoms with E-state index in [1.54, 1.807) is 40.1 Å². The number of nitrogens with zero attached hydrogens (tertiary/aromatic N) is 1. The van der Waals surface area contributed by atoms with Crippen LogP contribution in [0.5, 0.6) is 0 Å². The average Bonchev–Trinajstić information content (AvgIpc) is 2.33. The van der Waals surface area contributed by atoms with Crippen molar-refractivity contribution in [1.29, 1.82) is 0 Å². The normalized spacial score (nSPS) is 11.4. The zero-order valence-corrected chi connectivity index (χ0v) is 13.0. The van der Waals surface area contributed by atoms with E-state index in [4.69, 9.17) is 5.73 Å². The highest BCUT2D eigenvalue weighted by Crippen LogP contribution is 2.22. The largest absolute Gasteiger partial charge is 0.398 e. The predicted molar refractivity (Wildman–Crippen MR) is 78.8 cm³/mol. The Morgan fingerprint density at radius 1 is 1.30 bits per heavy atom. The fourth-order valence-electron chi connectivity index (χ4n) is 1.73. The molecular weight excluding hydrogens is 278 g/mol. The lowest BCUT2D eigenvalue weighted by atomic mass is 10.1. The van der Waals surface area contributed by atoms with Crippen LogP contribution in [0.2, 0.25) is 0 Å². The van der Waals surface area contributed by atoms with Crippen molar-refractivity contribution < 1.29 is 13.2 Å². The first-order valence-corrected chi connectivity index (χ1v) is 7.70. The molecule has 3 N–H and O–H groups in total. The van der Waals surface area contributed by atoms with E-state index in [0.717, 1.165) is 5.56 Å². The molecule has 0 radical (unpaired) electrons. The van der Waals surface area contributed by atoms with Crippen LogP contribution < -0.4 is 10.5 Å². The summed E-state index contributed by atoms with van der Waals surface area (Å²) in [7, 11) is -0.404. The van der Waals surface area contributed by atoms with Gasteiger partial charge in [-0.05, 0) is 37.1 Å². The van der Waals surface area contributed by atoms with Gasteiger partial charge < -0.3 is 10.6 Å². The summed E-state index contributed by atoms with van der Waals surface area (Å²) in [6, 6.07) is 3.30. The molecular formula is C13H21N3O3S. The molecule has 7 heteroatoms. The van der Waals surface area contributed by atoms with Crippen LogP contribution in [0.25, 0.3) is 0 Å². The smallest absolute Gasteiger partial charge is 0.240 e. The molecule has 0 spiro atoms. The van der Waals surface area contributed by atoms with E-state index in [1.807, 2.05) is 0 Å². The number of anilines is 1. The van der Waals surface area contributed by atoms with Gasteiger partial charge in [0.05, 0.1) is 4.90 Å². The van der Waals surface area contributed by atoms with Gasteiger partial charge in [0.2, 0.25) is 15.9 Å².